The average molecular weight is 274 g/mol. The van der Waals surface area contributed by atoms with Crippen molar-refractivity contribution in [3.63, 3.8) is 0 Å². The molecular formula is C15H34N2O2. The van der Waals surface area contributed by atoms with Crippen molar-refractivity contribution in [2.24, 2.45) is 5.92 Å². The third-order valence-corrected chi connectivity index (χ3v) is 2.82. The van der Waals surface area contributed by atoms with E-state index in [0.29, 0.717) is 5.92 Å². The van der Waals surface area contributed by atoms with E-state index in [-0.39, 0.29) is 11.4 Å². The van der Waals surface area contributed by atoms with Crippen molar-refractivity contribution in [2.45, 2.75) is 54.0 Å². The molecule has 1 saturated heterocycles. The number of nitrogens with zero attached hydrogens (tertiary/aromatic N) is 1. The van der Waals surface area contributed by atoms with Crippen LogP contribution < -0.4 is 5.32 Å². The molecule has 19 heavy (non-hydrogen) atoms. The molecule has 0 aliphatic carbocycles. The van der Waals surface area contributed by atoms with Gasteiger partial charge in [0.15, 0.2) is 0 Å². The van der Waals surface area contributed by atoms with Crippen LogP contribution >= 0.6 is 0 Å². The maximum atomic E-state index is 10.2. The lowest BCUT2D eigenvalue weighted by atomic mass is 10.0. The molecule has 1 fully saturated rings. The van der Waals surface area contributed by atoms with Crippen molar-refractivity contribution in [2.75, 3.05) is 33.4 Å². The van der Waals surface area contributed by atoms with Gasteiger partial charge in [-0.2, -0.15) is 0 Å². The molecule has 0 aromatic heterocycles. The van der Waals surface area contributed by atoms with Gasteiger partial charge in [0.1, 0.15) is 0 Å². The number of amides is 1. The van der Waals surface area contributed by atoms with Gasteiger partial charge in [-0.25, -0.2) is 0 Å². The summed E-state index contributed by atoms with van der Waals surface area (Å²) in [6, 6.07) is 0. The predicted octanol–water partition coefficient (Wildman–Crippen LogP) is 2.53. The van der Waals surface area contributed by atoms with Crippen molar-refractivity contribution in [3.8, 4) is 0 Å². The van der Waals surface area contributed by atoms with Gasteiger partial charge < -0.3 is 10.1 Å². The Balaban J connectivity index is 0. The zero-order chi connectivity index (χ0) is 15.5. The first kappa shape index (κ1) is 20.7. The number of morpholine rings is 1. The molecule has 1 aliphatic heterocycles. The fraction of sp³-hybridized carbons (Fsp3) is 0.933. The number of ether oxygens (including phenoxy) is 1. The molecule has 0 aromatic rings. The minimum Gasteiger partial charge on any atom is -0.378 e. The Kier molecular flexibility index (Phi) is 12.2. The first-order valence-electron chi connectivity index (χ1n) is 7.29. The lowest BCUT2D eigenvalue weighted by Crippen LogP contribution is -2.50. The molecule has 0 saturated carbocycles. The Morgan fingerprint density at radius 1 is 1.37 bits per heavy atom. The fourth-order valence-electron chi connectivity index (χ4n) is 1.28. The van der Waals surface area contributed by atoms with Crippen LogP contribution in [0.25, 0.3) is 0 Å². The van der Waals surface area contributed by atoms with Crippen molar-refractivity contribution < 1.29 is 9.53 Å². The maximum absolute atomic E-state index is 10.2. The molecule has 1 aliphatic rings. The summed E-state index contributed by atoms with van der Waals surface area (Å²) in [5.74, 6) is 0.609. The Morgan fingerprint density at radius 3 is 2.11 bits per heavy atom. The van der Waals surface area contributed by atoms with Crippen LogP contribution in [0, 0.1) is 5.92 Å². The van der Waals surface area contributed by atoms with E-state index in [0.717, 1.165) is 26.3 Å². The van der Waals surface area contributed by atoms with E-state index in [2.05, 4.69) is 45.0 Å². The van der Waals surface area contributed by atoms with Crippen LogP contribution in [0.5, 0.6) is 0 Å². The number of rotatable bonds is 2. The van der Waals surface area contributed by atoms with E-state index < -0.39 is 0 Å². The van der Waals surface area contributed by atoms with Gasteiger partial charge in [-0.15, -0.1) is 0 Å². The molecule has 4 nitrogen and oxygen atoms in total. The normalized spacial score (nSPS) is 17.7. The van der Waals surface area contributed by atoms with Gasteiger partial charge in [0.25, 0.3) is 0 Å². The van der Waals surface area contributed by atoms with Gasteiger partial charge in [0.2, 0.25) is 5.91 Å². The van der Waals surface area contributed by atoms with E-state index >= 15 is 0 Å². The maximum Gasteiger partial charge on any atom is 0.216 e. The number of hydrogen-bond acceptors (Lipinski definition) is 3. The molecule has 1 rings (SSSR count). The zero-order valence-corrected chi connectivity index (χ0v) is 14.2. The molecule has 1 N–H and O–H groups in total. The quantitative estimate of drug-likeness (QED) is 0.841. The van der Waals surface area contributed by atoms with Crippen LogP contribution in [0.15, 0.2) is 0 Å². The Morgan fingerprint density at radius 2 is 1.89 bits per heavy atom. The summed E-state index contributed by atoms with van der Waals surface area (Å²) in [7, 11) is 2.14. The first-order chi connectivity index (χ1) is 8.75. The number of hydrogen-bond donors (Lipinski definition) is 1. The highest BCUT2D eigenvalue weighted by molar-refractivity contribution is 5.72. The molecule has 0 unspecified atom stereocenters. The lowest BCUT2D eigenvalue weighted by molar-refractivity contribution is -0.119. The van der Waals surface area contributed by atoms with Gasteiger partial charge in [0.05, 0.1) is 13.2 Å². The summed E-state index contributed by atoms with van der Waals surface area (Å²) in [6.07, 6.45) is 0. The molecular weight excluding hydrogens is 240 g/mol. The fourth-order valence-corrected chi connectivity index (χ4v) is 1.28. The monoisotopic (exact) mass is 274 g/mol. The summed E-state index contributed by atoms with van der Waals surface area (Å²) >= 11 is 0. The zero-order valence-electron chi connectivity index (χ0n) is 14.2. The molecule has 0 aromatic carbocycles. The van der Waals surface area contributed by atoms with Crippen LogP contribution in [-0.2, 0) is 9.53 Å². The molecule has 0 radical (unpaired) electrons. The second-order valence-corrected chi connectivity index (χ2v) is 5.62. The van der Waals surface area contributed by atoms with E-state index in [1.165, 1.54) is 6.92 Å². The van der Waals surface area contributed by atoms with Crippen LogP contribution in [0.3, 0.4) is 0 Å². The van der Waals surface area contributed by atoms with Gasteiger partial charge in [0, 0.05) is 25.6 Å². The van der Waals surface area contributed by atoms with Crippen molar-refractivity contribution in [3.05, 3.63) is 0 Å². The largest absolute Gasteiger partial charge is 0.378 e. The molecule has 0 spiro atoms. The number of nitrogens with one attached hydrogen (secondary N) is 1. The summed E-state index contributed by atoms with van der Waals surface area (Å²) in [4.78, 5) is 12.6. The highest BCUT2D eigenvalue weighted by Gasteiger charge is 2.26. The number of carbonyl (C=O) groups excluding carboxylic acids is 1. The molecule has 1 amide bonds. The van der Waals surface area contributed by atoms with Crippen LogP contribution in [0.1, 0.15) is 48.5 Å². The van der Waals surface area contributed by atoms with Gasteiger partial charge >= 0.3 is 0 Å². The molecule has 1 heterocycles. The van der Waals surface area contributed by atoms with E-state index in [4.69, 9.17) is 4.74 Å². The second-order valence-electron chi connectivity index (χ2n) is 5.62. The number of carbonyl (C=O) groups is 1. The SMILES string of the molecule is CC.CC(=O)NCC(C)C.CN1CCOCC1(C)C. The summed E-state index contributed by atoms with van der Waals surface area (Å²) in [6.45, 7) is 17.7. The minimum absolute atomic E-state index is 0.0544. The summed E-state index contributed by atoms with van der Waals surface area (Å²) in [5.41, 5.74) is 0.248. The van der Waals surface area contributed by atoms with Gasteiger partial charge in [-0.3, -0.25) is 9.69 Å². The van der Waals surface area contributed by atoms with Crippen LogP contribution in [0.2, 0.25) is 0 Å². The standard InChI is InChI=1S/C7H15NO.C6H13NO.C2H6/c1-7(2)6-9-5-4-8(7)3;1-5(2)4-7-6(3)8;1-2/h4-6H2,1-3H3;5H,4H2,1-3H3,(H,7,8);1-2H3. The average Bonchev–Trinajstić information content (AvgIpc) is 2.34. The number of likely N-dealkylation sites (N-methyl/N-ethyl adjacent to an activating group) is 1. The second kappa shape index (κ2) is 11.2. The first-order valence-corrected chi connectivity index (χ1v) is 7.29. The summed E-state index contributed by atoms with van der Waals surface area (Å²) < 4.78 is 5.31. The minimum atomic E-state index is 0.0544. The highest BCUT2D eigenvalue weighted by atomic mass is 16.5. The Hall–Kier alpha value is -0.610. The van der Waals surface area contributed by atoms with Crippen LogP contribution in [-0.4, -0.2) is 49.7 Å². The third-order valence-electron chi connectivity index (χ3n) is 2.82. The molecule has 0 atom stereocenters. The Labute approximate surface area is 119 Å². The Bertz CT molecular complexity index is 228. The molecule has 4 heteroatoms. The van der Waals surface area contributed by atoms with Gasteiger partial charge in [-0.1, -0.05) is 27.7 Å². The van der Waals surface area contributed by atoms with E-state index in [1.807, 2.05) is 13.8 Å². The highest BCUT2D eigenvalue weighted by Crippen LogP contribution is 2.15. The lowest BCUT2D eigenvalue weighted by Gasteiger charge is -2.39. The third kappa shape index (κ3) is 12.2. The molecule has 116 valence electrons. The van der Waals surface area contributed by atoms with Crippen molar-refractivity contribution in [1.82, 2.24) is 10.2 Å². The predicted molar refractivity (Wildman–Crippen MR) is 82.4 cm³/mol. The summed E-state index contributed by atoms with van der Waals surface area (Å²) in [5, 5.41) is 2.71. The van der Waals surface area contributed by atoms with E-state index in [1.54, 1.807) is 0 Å². The van der Waals surface area contributed by atoms with Crippen molar-refractivity contribution in [1.29, 1.82) is 0 Å². The molecule has 0 bridgehead atoms. The van der Waals surface area contributed by atoms with E-state index in [9.17, 15) is 4.79 Å². The van der Waals surface area contributed by atoms with Crippen molar-refractivity contribution >= 4 is 5.91 Å². The smallest absolute Gasteiger partial charge is 0.216 e. The van der Waals surface area contributed by atoms with Crippen LogP contribution in [0.4, 0.5) is 0 Å². The van der Waals surface area contributed by atoms with Gasteiger partial charge in [-0.05, 0) is 26.8 Å². The topological polar surface area (TPSA) is 41.6 Å².